The molecule has 4 nitrogen and oxygen atoms in total. The van der Waals surface area contributed by atoms with Crippen LogP contribution in [0.5, 0.6) is 0 Å². The van der Waals surface area contributed by atoms with Crippen molar-refractivity contribution in [2.45, 2.75) is 25.2 Å². The van der Waals surface area contributed by atoms with Crippen LogP contribution in [0.2, 0.25) is 0 Å². The molecule has 15 heavy (non-hydrogen) atoms. The van der Waals surface area contributed by atoms with Crippen LogP contribution in [0.4, 0.5) is 0 Å². The van der Waals surface area contributed by atoms with Gasteiger partial charge in [-0.2, -0.15) is 0 Å². The zero-order valence-electron chi connectivity index (χ0n) is 8.28. The lowest BCUT2D eigenvalue weighted by Gasteiger charge is -2.04. The smallest absolute Gasteiger partial charge is 0.191 e. The molecule has 1 rings (SSSR count). The van der Waals surface area contributed by atoms with Crippen molar-refractivity contribution in [1.82, 2.24) is 14.8 Å². The lowest BCUT2D eigenvalue weighted by atomic mass is 10.6. The first kappa shape index (κ1) is 12.8. The molecule has 1 heterocycles. The predicted octanol–water partition coefficient (Wildman–Crippen LogP) is 2.17. The van der Waals surface area contributed by atoms with E-state index in [1.54, 1.807) is 0 Å². The fourth-order valence-corrected chi connectivity index (χ4v) is 2.23. The normalized spacial score (nSPS) is 12.1. The minimum Gasteiger partial charge on any atom is -0.324 e. The van der Waals surface area contributed by atoms with Crippen molar-refractivity contribution >= 4 is 35.0 Å². The number of nitrogens with two attached hydrogens (primary N) is 1. The number of halogens is 2. The van der Waals surface area contributed by atoms with Crippen LogP contribution in [0.25, 0.3) is 0 Å². The highest BCUT2D eigenvalue weighted by Crippen LogP contribution is 2.21. The summed E-state index contributed by atoms with van der Waals surface area (Å²) in [5, 5.41) is 9.41. The molecule has 1 aromatic heterocycles. The number of nitrogens with zero attached hydrogens (tertiary/aromatic N) is 3. The molecule has 2 N–H and O–H groups in total. The van der Waals surface area contributed by atoms with E-state index in [-0.39, 0.29) is 0 Å². The van der Waals surface area contributed by atoms with Crippen LogP contribution in [0, 0.1) is 0 Å². The molecule has 0 aliphatic heterocycles. The molecule has 1 aromatic rings. The molecule has 0 amide bonds. The van der Waals surface area contributed by atoms with Crippen molar-refractivity contribution in [2.75, 3.05) is 5.75 Å². The molecule has 0 bridgehead atoms. The number of aromatic nitrogens is 3. The third-order valence-electron chi connectivity index (χ3n) is 1.75. The van der Waals surface area contributed by atoms with Gasteiger partial charge in [0.2, 0.25) is 0 Å². The van der Waals surface area contributed by atoms with Gasteiger partial charge in [0, 0.05) is 22.9 Å². The Balaban J connectivity index is 2.72. The molecular weight excluding hydrogens is 255 g/mol. The standard InChI is InChI=1S/C8H12Cl2N4S/c1-2-14-7(4-11)12-13-8(14)15-5-6(10)3-9/h3H,2,4-5,11H2,1H3. The monoisotopic (exact) mass is 266 g/mol. The van der Waals surface area contributed by atoms with Gasteiger partial charge in [0.05, 0.1) is 6.54 Å². The van der Waals surface area contributed by atoms with E-state index in [0.29, 0.717) is 17.3 Å². The van der Waals surface area contributed by atoms with Gasteiger partial charge in [-0.1, -0.05) is 35.0 Å². The summed E-state index contributed by atoms with van der Waals surface area (Å²) in [5.41, 5.74) is 6.88. The van der Waals surface area contributed by atoms with Crippen LogP contribution in [0.1, 0.15) is 12.7 Å². The Kier molecular flexibility index (Phi) is 5.45. The molecule has 0 saturated heterocycles. The molecule has 0 aliphatic carbocycles. The number of thioether (sulfide) groups is 1. The molecule has 84 valence electrons. The highest BCUT2D eigenvalue weighted by Gasteiger charge is 2.09. The molecule has 0 spiro atoms. The molecule has 0 saturated carbocycles. The van der Waals surface area contributed by atoms with Gasteiger partial charge < -0.3 is 10.3 Å². The van der Waals surface area contributed by atoms with Gasteiger partial charge in [-0.05, 0) is 6.92 Å². The third-order valence-corrected chi connectivity index (χ3v) is 3.54. The third kappa shape index (κ3) is 3.38. The Hall–Kier alpha value is -0.230. The first-order valence-electron chi connectivity index (χ1n) is 4.42. The Morgan fingerprint density at radius 2 is 2.33 bits per heavy atom. The molecule has 0 aliphatic rings. The molecular formula is C8H12Cl2N4S. The van der Waals surface area contributed by atoms with E-state index in [1.165, 1.54) is 17.3 Å². The fourth-order valence-electron chi connectivity index (χ4n) is 1.06. The van der Waals surface area contributed by atoms with E-state index in [1.807, 2.05) is 11.5 Å². The van der Waals surface area contributed by atoms with Crippen LogP contribution < -0.4 is 5.73 Å². The summed E-state index contributed by atoms with van der Waals surface area (Å²) in [6.07, 6.45) is 0. The maximum Gasteiger partial charge on any atom is 0.191 e. The minimum absolute atomic E-state index is 0.389. The van der Waals surface area contributed by atoms with E-state index in [2.05, 4.69) is 10.2 Å². The van der Waals surface area contributed by atoms with Crippen LogP contribution in [-0.2, 0) is 13.1 Å². The van der Waals surface area contributed by atoms with Crippen molar-refractivity contribution in [2.24, 2.45) is 5.73 Å². The highest BCUT2D eigenvalue weighted by atomic mass is 35.5. The van der Waals surface area contributed by atoms with E-state index < -0.39 is 0 Å². The van der Waals surface area contributed by atoms with Crippen molar-refractivity contribution in [3.05, 3.63) is 16.4 Å². The largest absolute Gasteiger partial charge is 0.324 e. The van der Waals surface area contributed by atoms with Crippen LogP contribution in [0.15, 0.2) is 15.7 Å². The zero-order valence-corrected chi connectivity index (χ0v) is 10.6. The maximum absolute atomic E-state index is 5.78. The summed E-state index contributed by atoms with van der Waals surface area (Å²) in [6, 6.07) is 0. The van der Waals surface area contributed by atoms with Gasteiger partial charge in [0.1, 0.15) is 5.82 Å². The summed E-state index contributed by atoms with van der Waals surface area (Å²) in [5.74, 6) is 1.37. The molecule has 0 aromatic carbocycles. The summed E-state index contributed by atoms with van der Waals surface area (Å²) in [6.45, 7) is 3.20. The Morgan fingerprint density at radius 3 is 2.87 bits per heavy atom. The fraction of sp³-hybridized carbons (Fsp3) is 0.500. The van der Waals surface area contributed by atoms with Crippen molar-refractivity contribution in [3.8, 4) is 0 Å². The highest BCUT2D eigenvalue weighted by molar-refractivity contribution is 7.99. The van der Waals surface area contributed by atoms with Gasteiger partial charge >= 0.3 is 0 Å². The molecule has 0 fully saturated rings. The second kappa shape index (κ2) is 6.37. The average Bonchev–Trinajstić information content (AvgIpc) is 2.67. The first-order valence-corrected chi connectivity index (χ1v) is 6.22. The van der Waals surface area contributed by atoms with Crippen molar-refractivity contribution in [3.63, 3.8) is 0 Å². The molecule has 0 unspecified atom stereocenters. The SMILES string of the molecule is CCn1c(CN)nnc1SCC(Cl)=CCl. The Morgan fingerprint density at radius 1 is 1.60 bits per heavy atom. The lowest BCUT2D eigenvalue weighted by Crippen LogP contribution is -2.08. The van der Waals surface area contributed by atoms with E-state index >= 15 is 0 Å². The van der Waals surface area contributed by atoms with Crippen LogP contribution in [0.3, 0.4) is 0 Å². The van der Waals surface area contributed by atoms with Gasteiger partial charge in [-0.3, -0.25) is 0 Å². The first-order chi connectivity index (χ1) is 7.22. The zero-order chi connectivity index (χ0) is 11.3. The molecule has 0 atom stereocenters. The van der Waals surface area contributed by atoms with Crippen LogP contribution >= 0.6 is 35.0 Å². The Bertz CT molecular complexity index is 350. The Labute approximate surface area is 103 Å². The maximum atomic E-state index is 5.78. The van der Waals surface area contributed by atoms with Crippen LogP contribution in [-0.4, -0.2) is 20.5 Å². The summed E-state index contributed by atoms with van der Waals surface area (Å²) >= 11 is 12.7. The van der Waals surface area contributed by atoms with Crippen molar-refractivity contribution < 1.29 is 0 Å². The lowest BCUT2D eigenvalue weighted by molar-refractivity contribution is 0.643. The number of hydrogen-bond donors (Lipinski definition) is 1. The topological polar surface area (TPSA) is 56.7 Å². The van der Waals surface area contributed by atoms with Gasteiger partial charge in [-0.25, -0.2) is 0 Å². The molecule has 7 heteroatoms. The van der Waals surface area contributed by atoms with E-state index in [0.717, 1.165) is 17.5 Å². The van der Waals surface area contributed by atoms with Gasteiger partial charge in [0.15, 0.2) is 5.16 Å². The number of rotatable bonds is 5. The van der Waals surface area contributed by atoms with E-state index in [4.69, 9.17) is 28.9 Å². The summed E-state index contributed by atoms with van der Waals surface area (Å²) < 4.78 is 1.96. The van der Waals surface area contributed by atoms with Gasteiger partial charge in [0.25, 0.3) is 0 Å². The summed E-state index contributed by atoms with van der Waals surface area (Å²) in [4.78, 5) is 0. The quantitative estimate of drug-likeness (QED) is 0.831. The van der Waals surface area contributed by atoms with E-state index in [9.17, 15) is 0 Å². The second-order valence-corrected chi connectivity index (χ2v) is 4.34. The summed E-state index contributed by atoms with van der Waals surface area (Å²) in [7, 11) is 0. The predicted molar refractivity (Wildman–Crippen MR) is 64.1 cm³/mol. The number of hydrogen-bond acceptors (Lipinski definition) is 4. The average molecular weight is 267 g/mol. The van der Waals surface area contributed by atoms with Gasteiger partial charge in [-0.15, -0.1) is 10.2 Å². The second-order valence-electron chi connectivity index (χ2n) is 2.69. The van der Waals surface area contributed by atoms with Crippen molar-refractivity contribution in [1.29, 1.82) is 0 Å². The molecule has 0 radical (unpaired) electrons. The minimum atomic E-state index is 0.389.